The molecule has 0 bridgehead atoms. The molecule has 5 atom stereocenters. The van der Waals surface area contributed by atoms with E-state index in [0.717, 1.165) is 109 Å². The number of aliphatic hydroxyl groups is 1. The molecule has 3 N–H and O–H groups in total. The molecule has 0 amide bonds. The first-order valence-electron chi connectivity index (χ1n) is 36.6. The van der Waals surface area contributed by atoms with Gasteiger partial charge in [-0.05, 0) is 31.6 Å². The van der Waals surface area contributed by atoms with Crippen LogP contribution in [0, 0.1) is 5.92 Å². The quantitative estimate of drug-likeness (QED) is 0.0222. The third kappa shape index (κ3) is 64.6. The molecule has 89 heavy (non-hydrogen) atoms. The Morgan fingerprint density at radius 2 is 0.517 bits per heavy atom. The summed E-state index contributed by atoms with van der Waals surface area (Å²) in [6, 6.07) is 0. The fraction of sp³-hybridized carbons (Fsp3) is 0.943. The topological polar surface area (TPSA) is 237 Å². The van der Waals surface area contributed by atoms with Gasteiger partial charge in [-0.1, -0.05) is 311 Å². The second-order valence-electron chi connectivity index (χ2n) is 25.7. The van der Waals surface area contributed by atoms with E-state index in [1.807, 2.05) is 0 Å². The van der Waals surface area contributed by atoms with Crippen LogP contribution in [0.15, 0.2) is 0 Å². The number of hydrogen-bond acceptors (Lipinski definition) is 15. The zero-order valence-corrected chi connectivity index (χ0v) is 59.4. The molecule has 0 aromatic rings. The summed E-state index contributed by atoms with van der Waals surface area (Å²) >= 11 is 0. The van der Waals surface area contributed by atoms with Crippen molar-refractivity contribution in [2.75, 3.05) is 39.6 Å². The Morgan fingerprint density at radius 3 is 0.764 bits per heavy atom. The van der Waals surface area contributed by atoms with Gasteiger partial charge in [0.2, 0.25) is 0 Å². The first kappa shape index (κ1) is 87.1. The minimum absolute atomic E-state index is 0.105. The van der Waals surface area contributed by atoms with Crippen molar-refractivity contribution in [3.8, 4) is 0 Å². The number of rotatable bonds is 70. The van der Waals surface area contributed by atoms with Crippen LogP contribution < -0.4 is 0 Å². The Morgan fingerprint density at radius 1 is 0.303 bits per heavy atom. The van der Waals surface area contributed by atoms with Crippen molar-refractivity contribution in [3.05, 3.63) is 0 Å². The fourth-order valence-electron chi connectivity index (χ4n) is 10.6. The van der Waals surface area contributed by atoms with Crippen molar-refractivity contribution < 1.29 is 80.2 Å². The lowest BCUT2D eigenvalue weighted by atomic mass is 10.0. The molecule has 0 saturated carbocycles. The lowest BCUT2D eigenvalue weighted by molar-refractivity contribution is -0.161. The number of carbonyl (C=O) groups excluding carboxylic acids is 4. The van der Waals surface area contributed by atoms with E-state index >= 15 is 0 Å². The van der Waals surface area contributed by atoms with Gasteiger partial charge in [0.05, 0.1) is 26.4 Å². The van der Waals surface area contributed by atoms with Crippen LogP contribution in [-0.2, 0) is 65.4 Å². The Bertz CT molecular complexity index is 1720. The lowest BCUT2D eigenvalue weighted by Crippen LogP contribution is -2.30. The maximum absolute atomic E-state index is 13.0. The van der Waals surface area contributed by atoms with Crippen LogP contribution in [0.2, 0.25) is 0 Å². The van der Waals surface area contributed by atoms with Crippen molar-refractivity contribution in [2.24, 2.45) is 5.92 Å². The second-order valence-corrected chi connectivity index (χ2v) is 28.7. The molecule has 0 aliphatic carbocycles. The summed E-state index contributed by atoms with van der Waals surface area (Å²) in [5.41, 5.74) is 0. The molecule has 0 aromatic carbocycles. The van der Waals surface area contributed by atoms with Crippen LogP contribution in [-0.4, -0.2) is 96.7 Å². The fourth-order valence-corrected chi connectivity index (χ4v) is 12.2. The van der Waals surface area contributed by atoms with E-state index in [0.29, 0.717) is 25.7 Å². The monoisotopic (exact) mass is 1310 g/mol. The van der Waals surface area contributed by atoms with E-state index in [4.69, 9.17) is 37.0 Å². The van der Waals surface area contributed by atoms with Gasteiger partial charge in [-0.25, -0.2) is 9.13 Å². The standard InChI is InChI=1S/C70H136O17P2/c1-6-9-12-15-18-21-22-23-24-25-26-27-28-29-30-31-32-33-34-41-46-51-56-70(75)87-66(60-81-68(73)54-49-44-40-36-35-37-42-47-52-63(4)5)62-85-89(78,79)83-58-64(71)57-82-88(76,77)84-61-65(86-69(74)55-50-45-39-20-17-14-11-8-3)59-80-67(72)53-48-43-38-19-16-13-10-7-2/h63-66,71H,6-62H2,1-5H3,(H,76,77)(H,78,79)/t64-,65+,66+/m0/s1. The number of phosphoric ester groups is 2. The van der Waals surface area contributed by atoms with Crippen LogP contribution in [0.3, 0.4) is 0 Å². The Kier molecular flexibility index (Phi) is 62.1. The number of carbonyl (C=O) groups is 4. The summed E-state index contributed by atoms with van der Waals surface area (Å²) < 4.78 is 68.1. The van der Waals surface area contributed by atoms with Crippen molar-refractivity contribution in [1.29, 1.82) is 0 Å². The predicted octanol–water partition coefficient (Wildman–Crippen LogP) is 20.1. The maximum atomic E-state index is 13.0. The largest absolute Gasteiger partial charge is 0.472 e. The molecule has 0 aliphatic heterocycles. The van der Waals surface area contributed by atoms with E-state index in [9.17, 15) is 43.2 Å². The van der Waals surface area contributed by atoms with E-state index in [-0.39, 0.29) is 25.7 Å². The summed E-state index contributed by atoms with van der Waals surface area (Å²) in [5.74, 6) is -1.41. The van der Waals surface area contributed by atoms with Gasteiger partial charge in [0.1, 0.15) is 19.3 Å². The highest BCUT2D eigenvalue weighted by Gasteiger charge is 2.30. The average molecular weight is 1310 g/mol. The van der Waals surface area contributed by atoms with E-state index in [1.165, 1.54) is 173 Å². The normalized spacial score (nSPS) is 14.1. The van der Waals surface area contributed by atoms with Crippen LogP contribution in [0.1, 0.15) is 362 Å². The second kappa shape index (κ2) is 63.5. The van der Waals surface area contributed by atoms with Crippen molar-refractivity contribution in [3.63, 3.8) is 0 Å². The maximum Gasteiger partial charge on any atom is 0.472 e. The zero-order chi connectivity index (χ0) is 65.6. The minimum atomic E-state index is -4.95. The number of phosphoric acid groups is 2. The first-order chi connectivity index (χ1) is 43.0. The number of aliphatic hydroxyl groups excluding tert-OH is 1. The number of ether oxygens (including phenoxy) is 4. The molecule has 0 heterocycles. The van der Waals surface area contributed by atoms with Gasteiger partial charge in [-0.15, -0.1) is 0 Å². The van der Waals surface area contributed by atoms with Crippen molar-refractivity contribution in [1.82, 2.24) is 0 Å². The molecule has 0 rings (SSSR count). The predicted molar refractivity (Wildman–Crippen MR) is 358 cm³/mol. The smallest absolute Gasteiger partial charge is 0.462 e. The SMILES string of the molecule is CCCCCCCCCCCCCCCCCCCCCCCCC(=O)O[C@H](COC(=O)CCCCCCCCCCC(C)C)COP(=O)(O)OC[C@@H](O)COP(=O)(O)OC[C@@H](COC(=O)CCCCCCCCCC)OC(=O)CCCCCCCCCC. The first-order valence-corrected chi connectivity index (χ1v) is 39.6. The van der Waals surface area contributed by atoms with Crippen LogP contribution in [0.25, 0.3) is 0 Å². The Hall–Kier alpha value is -1.94. The summed E-state index contributed by atoms with van der Waals surface area (Å²) in [6.45, 7) is 7.14. The molecule has 0 aromatic heterocycles. The van der Waals surface area contributed by atoms with Gasteiger partial charge in [-0.3, -0.25) is 37.3 Å². The molecule has 0 spiro atoms. The van der Waals surface area contributed by atoms with E-state index in [2.05, 4.69) is 34.6 Å². The molecule has 0 radical (unpaired) electrons. The van der Waals surface area contributed by atoms with Gasteiger partial charge >= 0.3 is 39.5 Å². The van der Waals surface area contributed by atoms with E-state index in [1.54, 1.807) is 0 Å². The van der Waals surface area contributed by atoms with Gasteiger partial charge in [0.15, 0.2) is 12.2 Å². The lowest BCUT2D eigenvalue weighted by Gasteiger charge is -2.21. The van der Waals surface area contributed by atoms with Gasteiger partial charge in [0.25, 0.3) is 0 Å². The molecular formula is C70H136O17P2. The van der Waals surface area contributed by atoms with Gasteiger partial charge in [-0.2, -0.15) is 0 Å². The Balaban J connectivity index is 5.09. The third-order valence-electron chi connectivity index (χ3n) is 16.3. The molecule has 19 heteroatoms. The molecule has 0 saturated heterocycles. The number of esters is 4. The van der Waals surface area contributed by atoms with Crippen molar-refractivity contribution >= 4 is 39.5 Å². The minimum Gasteiger partial charge on any atom is -0.462 e. The Labute approximate surface area is 543 Å². The van der Waals surface area contributed by atoms with Crippen molar-refractivity contribution in [2.45, 2.75) is 380 Å². The third-order valence-corrected chi connectivity index (χ3v) is 18.2. The van der Waals surface area contributed by atoms with Gasteiger partial charge in [0, 0.05) is 25.7 Å². The summed E-state index contributed by atoms with van der Waals surface area (Å²) in [6.07, 6.45) is 50.4. The highest BCUT2D eigenvalue weighted by atomic mass is 31.2. The number of unbranched alkanes of at least 4 members (excludes halogenated alkanes) is 42. The van der Waals surface area contributed by atoms with Crippen LogP contribution in [0.4, 0.5) is 0 Å². The summed E-state index contributed by atoms with van der Waals surface area (Å²) in [7, 11) is -9.89. The van der Waals surface area contributed by atoms with Gasteiger partial charge < -0.3 is 33.8 Å². The highest BCUT2D eigenvalue weighted by Crippen LogP contribution is 2.45. The summed E-state index contributed by atoms with van der Waals surface area (Å²) in [5, 5.41) is 10.6. The zero-order valence-electron chi connectivity index (χ0n) is 57.6. The molecule has 0 aliphatic rings. The molecule has 528 valence electrons. The van der Waals surface area contributed by atoms with Crippen LogP contribution >= 0.6 is 15.6 Å². The molecule has 2 unspecified atom stereocenters. The summed E-state index contributed by atoms with van der Waals surface area (Å²) in [4.78, 5) is 72.3. The van der Waals surface area contributed by atoms with Crippen LogP contribution in [0.5, 0.6) is 0 Å². The highest BCUT2D eigenvalue weighted by molar-refractivity contribution is 7.47. The molecular weight excluding hydrogens is 1170 g/mol. The average Bonchev–Trinajstić information content (AvgIpc) is 3.65. The number of hydrogen-bond donors (Lipinski definition) is 3. The molecule has 0 fully saturated rings. The van der Waals surface area contributed by atoms with E-state index < -0.39 is 97.5 Å². The molecule has 17 nitrogen and oxygen atoms in total.